The Balaban J connectivity index is 2.51. The van der Waals surface area contributed by atoms with E-state index in [4.69, 9.17) is 10.5 Å². The second-order valence-electron chi connectivity index (χ2n) is 4.98. The van der Waals surface area contributed by atoms with Crippen molar-refractivity contribution in [3.8, 4) is 0 Å². The van der Waals surface area contributed by atoms with Crippen LogP contribution in [0.4, 0.5) is 0 Å². The van der Waals surface area contributed by atoms with E-state index in [0.29, 0.717) is 12.1 Å². The molecule has 6 heteroatoms. The molecule has 0 aliphatic rings. The van der Waals surface area contributed by atoms with Gasteiger partial charge < -0.3 is 10.5 Å². The van der Waals surface area contributed by atoms with Crippen molar-refractivity contribution >= 4 is 15.8 Å². The third-order valence-electron chi connectivity index (χ3n) is 2.96. The molecule has 0 aliphatic carbocycles. The van der Waals surface area contributed by atoms with Gasteiger partial charge in [-0.1, -0.05) is 44.0 Å². The molecule has 0 saturated carbocycles. The fourth-order valence-electron chi connectivity index (χ4n) is 1.91. The number of sulfone groups is 1. The number of hydrogen-bond acceptors (Lipinski definition) is 5. The summed E-state index contributed by atoms with van der Waals surface area (Å²) in [4.78, 5) is 11.5. The van der Waals surface area contributed by atoms with Gasteiger partial charge in [-0.2, -0.15) is 0 Å². The van der Waals surface area contributed by atoms with Crippen LogP contribution in [-0.2, 0) is 31.7 Å². The van der Waals surface area contributed by atoms with Gasteiger partial charge in [0.05, 0.1) is 12.4 Å². The summed E-state index contributed by atoms with van der Waals surface area (Å²) < 4.78 is 28.9. The Hall–Kier alpha value is -1.40. The van der Waals surface area contributed by atoms with Crippen LogP contribution >= 0.6 is 0 Å². The Morgan fingerprint density at radius 2 is 1.95 bits per heavy atom. The number of unbranched alkanes of at least 4 members (excludes halogenated alkanes) is 2. The zero-order chi connectivity index (χ0) is 15.7. The van der Waals surface area contributed by atoms with Gasteiger partial charge in [0, 0.05) is 6.54 Å². The lowest BCUT2D eigenvalue weighted by atomic mass is 10.1. The van der Waals surface area contributed by atoms with Crippen LogP contribution in [0.1, 0.15) is 37.3 Å². The molecule has 1 rings (SSSR count). The lowest BCUT2D eigenvalue weighted by Crippen LogP contribution is -2.20. The van der Waals surface area contributed by atoms with Crippen LogP contribution in [0, 0.1) is 0 Å². The van der Waals surface area contributed by atoms with E-state index in [-0.39, 0.29) is 12.4 Å². The van der Waals surface area contributed by atoms with Crippen LogP contribution in [0.5, 0.6) is 0 Å². The molecule has 0 fully saturated rings. The van der Waals surface area contributed by atoms with Crippen molar-refractivity contribution in [3.63, 3.8) is 0 Å². The van der Waals surface area contributed by atoms with E-state index < -0.39 is 21.6 Å². The van der Waals surface area contributed by atoms with E-state index in [1.807, 2.05) is 13.0 Å². The number of benzene rings is 1. The summed E-state index contributed by atoms with van der Waals surface area (Å²) >= 11 is 0. The van der Waals surface area contributed by atoms with Crippen molar-refractivity contribution < 1.29 is 17.9 Å². The molecule has 0 bridgehead atoms. The SMILES string of the molecule is CCCCCOC(=O)CS(=O)(=O)Cc1cccc(CN)c1. The maximum absolute atomic E-state index is 12.0. The van der Waals surface area contributed by atoms with Crippen LogP contribution in [0.3, 0.4) is 0 Å². The maximum Gasteiger partial charge on any atom is 0.321 e. The third-order valence-corrected chi connectivity index (χ3v) is 4.41. The van der Waals surface area contributed by atoms with E-state index in [9.17, 15) is 13.2 Å². The molecule has 1 aromatic carbocycles. The standard InChI is InChI=1S/C15H23NO4S/c1-2-3-4-8-20-15(17)12-21(18,19)11-14-7-5-6-13(9-14)10-16/h5-7,9H,2-4,8,10-12,16H2,1H3. The van der Waals surface area contributed by atoms with Crippen LogP contribution in [0.25, 0.3) is 0 Å². The molecular weight excluding hydrogens is 290 g/mol. The van der Waals surface area contributed by atoms with E-state index in [1.54, 1.807) is 18.2 Å². The van der Waals surface area contributed by atoms with Gasteiger partial charge in [0.25, 0.3) is 0 Å². The number of nitrogens with two attached hydrogens (primary N) is 1. The van der Waals surface area contributed by atoms with Gasteiger partial charge in [-0.3, -0.25) is 4.79 Å². The molecule has 0 aromatic heterocycles. The van der Waals surface area contributed by atoms with E-state index >= 15 is 0 Å². The van der Waals surface area contributed by atoms with Gasteiger partial charge in [0.1, 0.15) is 5.75 Å². The van der Waals surface area contributed by atoms with Crippen molar-refractivity contribution in [1.29, 1.82) is 0 Å². The normalized spacial score (nSPS) is 11.3. The molecule has 2 N–H and O–H groups in total. The van der Waals surface area contributed by atoms with Crippen molar-refractivity contribution in [3.05, 3.63) is 35.4 Å². The van der Waals surface area contributed by atoms with Crippen molar-refractivity contribution in [2.24, 2.45) is 5.73 Å². The number of carbonyl (C=O) groups is 1. The largest absolute Gasteiger partial charge is 0.465 e. The summed E-state index contributed by atoms with van der Waals surface area (Å²) in [6.07, 6.45) is 2.75. The predicted molar refractivity (Wildman–Crippen MR) is 82.3 cm³/mol. The minimum atomic E-state index is -3.52. The van der Waals surface area contributed by atoms with Gasteiger partial charge >= 0.3 is 5.97 Å². The quantitative estimate of drug-likeness (QED) is 0.555. The highest BCUT2D eigenvalue weighted by atomic mass is 32.2. The molecule has 118 valence electrons. The summed E-state index contributed by atoms with van der Waals surface area (Å²) in [6.45, 7) is 2.68. The molecule has 0 heterocycles. The number of hydrogen-bond donors (Lipinski definition) is 1. The lowest BCUT2D eigenvalue weighted by Gasteiger charge is -2.07. The summed E-state index contributed by atoms with van der Waals surface area (Å²) in [6, 6.07) is 7.04. The van der Waals surface area contributed by atoms with Crippen molar-refractivity contribution in [2.75, 3.05) is 12.4 Å². The average Bonchev–Trinajstić information content (AvgIpc) is 2.42. The smallest absolute Gasteiger partial charge is 0.321 e. The molecule has 0 atom stereocenters. The summed E-state index contributed by atoms with van der Waals surface area (Å²) in [5, 5.41) is 0. The molecule has 0 saturated heterocycles. The van der Waals surface area contributed by atoms with Crippen LogP contribution in [0.15, 0.2) is 24.3 Å². The molecular formula is C15H23NO4S. The zero-order valence-corrected chi connectivity index (χ0v) is 13.2. The maximum atomic E-state index is 12.0. The lowest BCUT2D eigenvalue weighted by molar-refractivity contribution is -0.140. The first-order valence-electron chi connectivity index (χ1n) is 7.10. The molecule has 0 radical (unpaired) electrons. The average molecular weight is 313 g/mol. The number of rotatable bonds is 9. The predicted octanol–water partition coefficient (Wildman–Crippen LogP) is 1.79. The Morgan fingerprint density at radius 3 is 2.62 bits per heavy atom. The van der Waals surface area contributed by atoms with Crippen molar-refractivity contribution in [2.45, 2.75) is 38.5 Å². The van der Waals surface area contributed by atoms with E-state index in [2.05, 4.69) is 0 Å². The Morgan fingerprint density at radius 1 is 1.24 bits per heavy atom. The molecule has 0 unspecified atom stereocenters. The van der Waals surface area contributed by atoms with E-state index in [0.717, 1.165) is 24.8 Å². The highest BCUT2D eigenvalue weighted by Gasteiger charge is 2.18. The molecule has 1 aromatic rings. The second kappa shape index (κ2) is 8.79. The first-order chi connectivity index (χ1) is 9.96. The van der Waals surface area contributed by atoms with Gasteiger partial charge in [0.2, 0.25) is 0 Å². The number of carbonyl (C=O) groups excluding carboxylic acids is 1. The first kappa shape index (κ1) is 17.7. The fraction of sp³-hybridized carbons (Fsp3) is 0.533. The monoisotopic (exact) mass is 313 g/mol. The Bertz CT molecular complexity index is 555. The van der Waals surface area contributed by atoms with Gasteiger partial charge in [-0.15, -0.1) is 0 Å². The summed E-state index contributed by atoms with van der Waals surface area (Å²) in [5.74, 6) is -1.43. The number of ether oxygens (including phenoxy) is 1. The summed E-state index contributed by atoms with van der Waals surface area (Å²) in [7, 11) is -3.52. The molecule has 0 spiro atoms. The second-order valence-corrected chi connectivity index (χ2v) is 7.05. The zero-order valence-electron chi connectivity index (χ0n) is 12.4. The van der Waals surface area contributed by atoms with Gasteiger partial charge in [0.15, 0.2) is 9.84 Å². The number of esters is 1. The Labute approximate surface area is 126 Å². The van der Waals surface area contributed by atoms with Crippen LogP contribution in [0.2, 0.25) is 0 Å². The highest BCUT2D eigenvalue weighted by Crippen LogP contribution is 2.10. The van der Waals surface area contributed by atoms with Crippen molar-refractivity contribution in [1.82, 2.24) is 0 Å². The topological polar surface area (TPSA) is 86.5 Å². The third kappa shape index (κ3) is 7.24. The minimum absolute atomic E-state index is 0.176. The molecule has 0 aliphatic heterocycles. The highest BCUT2D eigenvalue weighted by molar-refractivity contribution is 7.91. The van der Waals surface area contributed by atoms with E-state index in [1.165, 1.54) is 0 Å². The Kier molecular flexibility index (Phi) is 7.39. The molecule has 21 heavy (non-hydrogen) atoms. The van der Waals surface area contributed by atoms with Gasteiger partial charge in [-0.25, -0.2) is 8.42 Å². The van der Waals surface area contributed by atoms with Crippen LogP contribution < -0.4 is 5.73 Å². The molecule has 0 amide bonds. The molecule has 5 nitrogen and oxygen atoms in total. The van der Waals surface area contributed by atoms with Gasteiger partial charge in [-0.05, 0) is 17.5 Å². The minimum Gasteiger partial charge on any atom is -0.465 e. The van der Waals surface area contributed by atoms with Crippen LogP contribution in [-0.4, -0.2) is 26.7 Å². The fourth-order valence-corrected chi connectivity index (χ4v) is 3.14. The first-order valence-corrected chi connectivity index (χ1v) is 8.93. The summed E-state index contributed by atoms with van der Waals surface area (Å²) in [5.41, 5.74) is 7.02.